The minimum Gasteiger partial charge on any atom is -0.481 e. The number of carbonyl (C=O) groups is 1. The van der Waals surface area contributed by atoms with E-state index < -0.39 is 10.9 Å². The van der Waals surface area contributed by atoms with Crippen molar-refractivity contribution in [2.45, 2.75) is 13.0 Å². The number of carboxylic acid groups (broad SMARTS) is 1. The Morgan fingerprint density at radius 1 is 1.19 bits per heavy atom. The molecule has 0 aliphatic heterocycles. The van der Waals surface area contributed by atoms with Gasteiger partial charge < -0.3 is 9.67 Å². The van der Waals surface area contributed by atoms with Crippen LogP contribution in [0.5, 0.6) is 0 Å². The Labute approximate surface area is 153 Å². The van der Waals surface area contributed by atoms with Crippen LogP contribution >= 0.6 is 11.6 Å². The van der Waals surface area contributed by atoms with E-state index in [1.54, 1.807) is 16.7 Å². The van der Waals surface area contributed by atoms with Crippen molar-refractivity contribution in [3.05, 3.63) is 81.1 Å². The van der Waals surface area contributed by atoms with E-state index in [1.165, 1.54) is 12.1 Å². The van der Waals surface area contributed by atoms with Gasteiger partial charge in [0.05, 0.1) is 17.0 Å². The predicted octanol–water partition coefficient (Wildman–Crippen LogP) is 3.79. The molecule has 0 spiro atoms. The van der Waals surface area contributed by atoms with Gasteiger partial charge in [-0.3, -0.25) is 14.9 Å². The number of carboxylic acids is 1. The second-order valence-electron chi connectivity index (χ2n) is 5.62. The fraction of sp³-hybridized carbons (Fsp3) is 0.111. The molecule has 3 rings (SSSR count). The lowest BCUT2D eigenvalue weighted by molar-refractivity contribution is -0.384. The molecule has 1 aromatic heterocycles. The van der Waals surface area contributed by atoms with Crippen LogP contribution < -0.4 is 0 Å². The molecule has 2 aromatic carbocycles. The van der Waals surface area contributed by atoms with Crippen LogP contribution in [0.2, 0.25) is 5.15 Å². The third-order valence-electron chi connectivity index (χ3n) is 3.84. The number of nitro benzene ring substituents is 1. The number of benzene rings is 2. The molecule has 1 heterocycles. The maximum absolute atomic E-state index is 11.2. The molecule has 0 saturated heterocycles. The Balaban J connectivity index is 2.10. The zero-order valence-corrected chi connectivity index (χ0v) is 14.3. The molecule has 8 heteroatoms. The van der Waals surface area contributed by atoms with Crippen molar-refractivity contribution in [3.8, 4) is 11.4 Å². The molecule has 0 atom stereocenters. The van der Waals surface area contributed by atoms with Crippen LogP contribution in [0.25, 0.3) is 11.4 Å². The van der Waals surface area contributed by atoms with Crippen LogP contribution in [0.1, 0.15) is 11.3 Å². The number of halogens is 1. The van der Waals surface area contributed by atoms with Gasteiger partial charge in [0.1, 0.15) is 5.82 Å². The number of non-ortho nitro benzene ring substituents is 1. The van der Waals surface area contributed by atoms with E-state index in [9.17, 15) is 20.0 Å². The van der Waals surface area contributed by atoms with Gasteiger partial charge in [-0.05, 0) is 5.56 Å². The second-order valence-corrected chi connectivity index (χ2v) is 5.98. The average molecular weight is 372 g/mol. The number of aliphatic carboxylic acids is 1. The number of rotatable bonds is 6. The summed E-state index contributed by atoms with van der Waals surface area (Å²) in [6.07, 6.45) is -0.298. The fourth-order valence-corrected chi connectivity index (χ4v) is 2.95. The van der Waals surface area contributed by atoms with E-state index in [-0.39, 0.29) is 23.8 Å². The van der Waals surface area contributed by atoms with Crippen molar-refractivity contribution in [3.63, 3.8) is 0 Å². The highest BCUT2D eigenvalue weighted by atomic mass is 35.5. The summed E-state index contributed by atoms with van der Waals surface area (Å²) in [6.45, 7) is 0.217. The Hall–Kier alpha value is -3.19. The first kappa shape index (κ1) is 17.6. The van der Waals surface area contributed by atoms with Crippen molar-refractivity contribution < 1.29 is 14.8 Å². The summed E-state index contributed by atoms with van der Waals surface area (Å²) in [6, 6.07) is 15.4. The van der Waals surface area contributed by atoms with Gasteiger partial charge in [-0.25, -0.2) is 4.98 Å². The molecule has 132 valence electrons. The third kappa shape index (κ3) is 3.73. The van der Waals surface area contributed by atoms with Gasteiger partial charge in [0.2, 0.25) is 0 Å². The van der Waals surface area contributed by atoms with Gasteiger partial charge in [0, 0.05) is 24.2 Å². The van der Waals surface area contributed by atoms with Gasteiger partial charge in [-0.15, -0.1) is 0 Å². The lowest BCUT2D eigenvalue weighted by Gasteiger charge is -2.11. The predicted molar refractivity (Wildman–Crippen MR) is 96.2 cm³/mol. The molecule has 1 N–H and O–H groups in total. The third-order valence-corrected chi connectivity index (χ3v) is 4.14. The zero-order chi connectivity index (χ0) is 18.7. The summed E-state index contributed by atoms with van der Waals surface area (Å²) in [5, 5.41) is 20.3. The number of nitro groups is 1. The topological polar surface area (TPSA) is 98.3 Å². The van der Waals surface area contributed by atoms with Gasteiger partial charge >= 0.3 is 5.97 Å². The summed E-state index contributed by atoms with van der Waals surface area (Å²) in [5.41, 5.74) is 1.74. The van der Waals surface area contributed by atoms with E-state index in [1.807, 2.05) is 30.3 Å². The first-order valence-electron chi connectivity index (χ1n) is 7.71. The first-order chi connectivity index (χ1) is 12.5. The van der Waals surface area contributed by atoms with Crippen molar-refractivity contribution in [1.82, 2.24) is 9.55 Å². The summed E-state index contributed by atoms with van der Waals surface area (Å²) in [5.74, 6) is -0.523. The zero-order valence-electron chi connectivity index (χ0n) is 13.5. The maximum Gasteiger partial charge on any atom is 0.309 e. The summed E-state index contributed by atoms with van der Waals surface area (Å²) in [7, 11) is 0. The monoisotopic (exact) mass is 371 g/mol. The Bertz CT molecular complexity index is 970. The SMILES string of the molecule is O=C(O)Cc1c(Cl)nc(-c2ccccc2)n1Cc1cccc([N+](=O)[O-])c1. The van der Waals surface area contributed by atoms with E-state index >= 15 is 0 Å². The molecule has 0 fully saturated rings. The number of hydrogen-bond acceptors (Lipinski definition) is 4. The highest BCUT2D eigenvalue weighted by Gasteiger charge is 2.20. The molecular weight excluding hydrogens is 358 g/mol. The van der Waals surface area contributed by atoms with Crippen molar-refractivity contribution >= 4 is 23.3 Å². The largest absolute Gasteiger partial charge is 0.481 e. The van der Waals surface area contributed by atoms with Crippen molar-refractivity contribution in [2.75, 3.05) is 0 Å². The average Bonchev–Trinajstić information content (AvgIpc) is 2.91. The highest BCUT2D eigenvalue weighted by Crippen LogP contribution is 2.27. The molecule has 0 radical (unpaired) electrons. The van der Waals surface area contributed by atoms with Crippen LogP contribution in [0, 0.1) is 10.1 Å². The van der Waals surface area contributed by atoms with Crippen LogP contribution in [0.3, 0.4) is 0 Å². The lowest BCUT2D eigenvalue weighted by Crippen LogP contribution is -2.11. The van der Waals surface area contributed by atoms with Crippen LogP contribution in [0.4, 0.5) is 5.69 Å². The molecule has 0 unspecified atom stereocenters. The van der Waals surface area contributed by atoms with Crippen LogP contribution in [-0.4, -0.2) is 25.6 Å². The van der Waals surface area contributed by atoms with Gasteiger partial charge in [0.25, 0.3) is 5.69 Å². The van der Waals surface area contributed by atoms with E-state index in [2.05, 4.69) is 4.98 Å². The first-order valence-corrected chi connectivity index (χ1v) is 8.09. The standard InChI is InChI=1S/C18H14ClN3O4/c19-17-15(10-16(23)24)21(18(20-17)13-6-2-1-3-7-13)11-12-5-4-8-14(9-12)22(25)26/h1-9H,10-11H2,(H,23,24). The number of aromatic nitrogens is 2. The Morgan fingerprint density at radius 2 is 1.92 bits per heavy atom. The Kier molecular flexibility index (Phi) is 4.99. The van der Waals surface area contributed by atoms with E-state index in [0.29, 0.717) is 17.1 Å². The van der Waals surface area contributed by atoms with Crippen LogP contribution in [-0.2, 0) is 17.8 Å². The fourth-order valence-electron chi connectivity index (χ4n) is 2.70. The molecule has 0 saturated carbocycles. The number of nitrogens with zero attached hydrogens (tertiary/aromatic N) is 3. The minimum atomic E-state index is -1.04. The van der Waals surface area contributed by atoms with Gasteiger partial charge in [-0.1, -0.05) is 54.1 Å². The molecule has 7 nitrogen and oxygen atoms in total. The Morgan fingerprint density at radius 3 is 2.58 bits per heavy atom. The van der Waals surface area contributed by atoms with Crippen molar-refractivity contribution in [1.29, 1.82) is 0 Å². The quantitative estimate of drug-likeness (QED) is 0.525. The molecule has 0 aliphatic carbocycles. The molecule has 0 bridgehead atoms. The minimum absolute atomic E-state index is 0.0326. The summed E-state index contributed by atoms with van der Waals surface area (Å²) >= 11 is 6.19. The molecule has 3 aromatic rings. The van der Waals surface area contributed by atoms with Crippen LogP contribution in [0.15, 0.2) is 54.6 Å². The van der Waals surface area contributed by atoms with Gasteiger partial charge in [0.15, 0.2) is 5.15 Å². The number of hydrogen-bond donors (Lipinski definition) is 1. The smallest absolute Gasteiger partial charge is 0.309 e. The molecular formula is C18H14ClN3O4. The van der Waals surface area contributed by atoms with E-state index in [4.69, 9.17) is 11.6 Å². The molecule has 0 aliphatic rings. The molecule has 0 amide bonds. The number of imidazole rings is 1. The second kappa shape index (κ2) is 7.37. The van der Waals surface area contributed by atoms with Crippen molar-refractivity contribution in [2.24, 2.45) is 0 Å². The highest BCUT2D eigenvalue weighted by molar-refractivity contribution is 6.30. The molecule has 26 heavy (non-hydrogen) atoms. The van der Waals surface area contributed by atoms with E-state index in [0.717, 1.165) is 5.56 Å². The lowest BCUT2D eigenvalue weighted by atomic mass is 10.1. The maximum atomic E-state index is 11.2. The normalized spacial score (nSPS) is 10.7. The summed E-state index contributed by atoms with van der Waals surface area (Å²) in [4.78, 5) is 26.1. The van der Waals surface area contributed by atoms with Gasteiger partial charge in [-0.2, -0.15) is 0 Å². The summed E-state index contributed by atoms with van der Waals surface area (Å²) < 4.78 is 1.69.